The Hall–Kier alpha value is -2.87. The number of nitrogens with one attached hydrogen (secondary N) is 1. The zero-order valence-electron chi connectivity index (χ0n) is 14.2. The number of hydrogen-bond donors (Lipinski definition) is 1. The Morgan fingerprint density at radius 2 is 1.84 bits per heavy atom. The Kier molecular flexibility index (Phi) is 4.45. The van der Waals surface area contributed by atoms with E-state index in [-0.39, 0.29) is 16.8 Å². The first kappa shape index (κ1) is 17.0. The van der Waals surface area contributed by atoms with E-state index in [2.05, 4.69) is 10.3 Å². The van der Waals surface area contributed by atoms with Crippen LogP contribution in [0, 0.1) is 13.8 Å². The minimum Gasteiger partial charge on any atom is -0.496 e. The molecular weight excluding hydrogens is 342 g/mol. The number of aromatic nitrogens is 2. The monoisotopic (exact) mass is 359 g/mol. The molecule has 0 aliphatic carbocycles. The van der Waals surface area contributed by atoms with Crippen LogP contribution in [-0.4, -0.2) is 29.5 Å². The van der Waals surface area contributed by atoms with Crippen molar-refractivity contribution >= 4 is 27.9 Å². The van der Waals surface area contributed by atoms with Gasteiger partial charge in [-0.3, -0.25) is 14.0 Å². The van der Waals surface area contributed by atoms with E-state index in [0.29, 0.717) is 22.2 Å². The average molecular weight is 359 g/mol. The summed E-state index contributed by atoms with van der Waals surface area (Å²) in [5, 5.41) is 4.51. The van der Waals surface area contributed by atoms with Crippen molar-refractivity contribution in [3.05, 3.63) is 50.9 Å². The van der Waals surface area contributed by atoms with Crippen molar-refractivity contribution in [2.45, 2.75) is 13.8 Å². The van der Waals surface area contributed by atoms with E-state index in [1.807, 2.05) is 12.3 Å². The van der Waals surface area contributed by atoms with Crippen molar-refractivity contribution < 1.29 is 14.3 Å². The average Bonchev–Trinajstić information content (AvgIpc) is 2.98. The molecule has 2 aromatic heterocycles. The zero-order valence-corrected chi connectivity index (χ0v) is 15.1. The van der Waals surface area contributed by atoms with Gasteiger partial charge in [-0.05, 0) is 26.0 Å². The maximum atomic E-state index is 12.8. The lowest BCUT2D eigenvalue weighted by Crippen LogP contribution is -2.25. The lowest BCUT2D eigenvalue weighted by molar-refractivity contribution is 0.102. The van der Waals surface area contributed by atoms with E-state index in [0.717, 1.165) is 5.69 Å². The third-order valence-electron chi connectivity index (χ3n) is 3.81. The quantitative estimate of drug-likeness (QED) is 0.774. The summed E-state index contributed by atoms with van der Waals surface area (Å²) in [6.07, 6.45) is 0. The molecule has 0 radical (unpaired) electrons. The fraction of sp³-hybridized carbons (Fsp3) is 0.235. The number of aryl methyl sites for hydroxylation is 2. The summed E-state index contributed by atoms with van der Waals surface area (Å²) < 4.78 is 12.0. The molecule has 0 unspecified atom stereocenters. The van der Waals surface area contributed by atoms with E-state index in [4.69, 9.17) is 9.47 Å². The van der Waals surface area contributed by atoms with Crippen LogP contribution in [0.25, 0.3) is 4.96 Å². The van der Waals surface area contributed by atoms with Crippen LogP contribution in [0.3, 0.4) is 0 Å². The third-order valence-corrected chi connectivity index (χ3v) is 4.76. The Labute approximate surface area is 147 Å². The molecule has 0 aliphatic rings. The predicted molar refractivity (Wildman–Crippen MR) is 96.3 cm³/mol. The first-order valence-corrected chi connectivity index (χ1v) is 8.35. The molecule has 7 nitrogen and oxygen atoms in total. The van der Waals surface area contributed by atoms with Gasteiger partial charge in [-0.1, -0.05) is 6.07 Å². The standard InChI is InChI=1S/C17H17N3O4S/c1-9-8-25-17-18-10(2)14(16(22)20(9)17)19-15(21)13-11(23-3)6-5-7-12(13)24-4/h5-8H,1-4H3,(H,19,21). The van der Waals surface area contributed by atoms with Crippen LogP contribution in [0.2, 0.25) is 0 Å². The van der Waals surface area contributed by atoms with Crippen molar-refractivity contribution in [2.24, 2.45) is 0 Å². The number of rotatable bonds is 4. The molecule has 2 heterocycles. The summed E-state index contributed by atoms with van der Waals surface area (Å²) in [4.78, 5) is 30.5. The molecule has 130 valence electrons. The number of carbonyl (C=O) groups is 1. The second-order valence-electron chi connectivity index (χ2n) is 5.36. The smallest absolute Gasteiger partial charge is 0.282 e. The summed E-state index contributed by atoms with van der Waals surface area (Å²) >= 11 is 1.38. The van der Waals surface area contributed by atoms with Gasteiger partial charge in [0.15, 0.2) is 4.96 Å². The van der Waals surface area contributed by atoms with Gasteiger partial charge in [0.1, 0.15) is 22.7 Å². The Balaban J connectivity index is 2.10. The lowest BCUT2D eigenvalue weighted by atomic mass is 10.1. The summed E-state index contributed by atoms with van der Waals surface area (Å²) in [5.74, 6) is 0.217. The Bertz CT molecular complexity index is 1000. The summed E-state index contributed by atoms with van der Waals surface area (Å²) in [5.41, 5.74) is 1.26. The van der Waals surface area contributed by atoms with Crippen LogP contribution in [0.15, 0.2) is 28.4 Å². The maximum absolute atomic E-state index is 12.8. The molecule has 3 aromatic rings. The van der Waals surface area contributed by atoms with Crippen LogP contribution >= 0.6 is 11.3 Å². The molecule has 1 aromatic carbocycles. The first-order chi connectivity index (χ1) is 12.0. The minimum absolute atomic E-state index is 0.136. The van der Waals surface area contributed by atoms with E-state index >= 15 is 0 Å². The van der Waals surface area contributed by atoms with Gasteiger partial charge in [-0.15, -0.1) is 11.3 Å². The predicted octanol–water partition coefficient (Wildman–Crippen LogP) is 2.64. The number of thiazole rings is 1. The van der Waals surface area contributed by atoms with E-state index in [1.54, 1.807) is 25.1 Å². The van der Waals surface area contributed by atoms with Crippen molar-refractivity contribution in [2.75, 3.05) is 19.5 Å². The number of nitrogens with zero attached hydrogens (tertiary/aromatic N) is 2. The van der Waals surface area contributed by atoms with Crippen LogP contribution in [0.4, 0.5) is 5.69 Å². The first-order valence-electron chi connectivity index (χ1n) is 7.47. The van der Waals surface area contributed by atoms with E-state index < -0.39 is 5.91 Å². The van der Waals surface area contributed by atoms with E-state index in [1.165, 1.54) is 30.0 Å². The SMILES string of the molecule is COc1cccc(OC)c1C(=O)Nc1c(C)nc2scc(C)n2c1=O. The molecule has 1 N–H and O–H groups in total. The summed E-state index contributed by atoms with van der Waals surface area (Å²) in [7, 11) is 2.93. The van der Waals surface area contributed by atoms with Gasteiger partial charge in [0.05, 0.1) is 19.9 Å². The highest BCUT2D eigenvalue weighted by Crippen LogP contribution is 2.29. The van der Waals surface area contributed by atoms with Gasteiger partial charge in [0, 0.05) is 11.1 Å². The van der Waals surface area contributed by atoms with Gasteiger partial charge in [-0.25, -0.2) is 4.98 Å². The Morgan fingerprint density at radius 1 is 1.20 bits per heavy atom. The Morgan fingerprint density at radius 3 is 2.44 bits per heavy atom. The highest BCUT2D eigenvalue weighted by molar-refractivity contribution is 7.15. The number of fused-ring (bicyclic) bond motifs is 1. The van der Waals surface area contributed by atoms with Gasteiger partial charge in [0.25, 0.3) is 11.5 Å². The molecule has 8 heteroatoms. The second-order valence-corrected chi connectivity index (χ2v) is 6.20. The second kappa shape index (κ2) is 6.56. The molecule has 0 aliphatic heterocycles. The topological polar surface area (TPSA) is 81.9 Å². The van der Waals surface area contributed by atoms with Gasteiger partial charge in [-0.2, -0.15) is 0 Å². The number of anilines is 1. The number of benzene rings is 1. The fourth-order valence-electron chi connectivity index (χ4n) is 2.58. The molecule has 0 atom stereocenters. The largest absolute Gasteiger partial charge is 0.496 e. The number of methoxy groups -OCH3 is 2. The van der Waals surface area contributed by atoms with Crippen LogP contribution in [-0.2, 0) is 0 Å². The molecule has 0 saturated heterocycles. The van der Waals surface area contributed by atoms with Crippen molar-refractivity contribution in [1.82, 2.24) is 9.38 Å². The number of amides is 1. The molecule has 25 heavy (non-hydrogen) atoms. The molecule has 0 saturated carbocycles. The van der Waals surface area contributed by atoms with Crippen molar-refractivity contribution in [3.63, 3.8) is 0 Å². The molecule has 1 amide bonds. The maximum Gasteiger partial charge on any atom is 0.282 e. The third kappa shape index (κ3) is 2.85. The normalized spacial score (nSPS) is 10.7. The molecule has 3 rings (SSSR count). The van der Waals surface area contributed by atoms with Crippen LogP contribution in [0.5, 0.6) is 11.5 Å². The number of carbonyl (C=O) groups excluding carboxylic acids is 1. The fourth-order valence-corrected chi connectivity index (χ4v) is 3.48. The summed E-state index contributed by atoms with van der Waals surface area (Å²) in [6.45, 7) is 3.50. The highest BCUT2D eigenvalue weighted by Gasteiger charge is 2.21. The molecule has 0 fully saturated rings. The summed E-state index contributed by atoms with van der Waals surface area (Å²) in [6, 6.07) is 5.03. The molecule has 0 spiro atoms. The van der Waals surface area contributed by atoms with Crippen LogP contribution in [0.1, 0.15) is 21.7 Å². The van der Waals surface area contributed by atoms with Crippen LogP contribution < -0.4 is 20.3 Å². The van der Waals surface area contributed by atoms with Crippen molar-refractivity contribution in [1.29, 1.82) is 0 Å². The van der Waals surface area contributed by atoms with Gasteiger partial charge >= 0.3 is 0 Å². The zero-order chi connectivity index (χ0) is 18.1. The molecular formula is C17H17N3O4S. The molecule has 0 bridgehead atoms. The highest BCUT2D eigenvalue weighted by atomic mass is 32.1. The number of hydrogen-bond acceptors (Lipinski definition) is 6. The van der Waals surface area contributed by atoms with Gasteiger partial charge in [0.2, 0.25) is 0 Å². The van der Waals surface area contributed by atoms with Crippen molar-refractivity contribution in [3.8, 4) is 11.5 Å². The van der Waals surface area contributed by atoms with E-state index in [9.17, 15) is 9.59 Å². The minimum atomic E-state index is -0.496. The lowest BCUT2D eigenvalue weighted by Gasteiger charge is -2.13. The van der Waals surface area contributed by atoms with Gasteiger partial charge < -0.3 is 14.8 Å². The number of ether oxygens (including phenoxy) is 2.